The number of phenols is 1. The normalized spacial score (nSPS) is 16.2. The number of ketones is 1. The van der Waals surface area contributed by atoms with Gasteiger partial charge in [0.05, 0.1) is 42.1 Å². The van der Waals surface area contributed by atoms with Crippen LogP contribution in [0.1, 0.15) is 17.2 Å². The molecule has 0 saturated carbocycles. The topological polar surface area (TPSA) is 106 Å². The molecule has 1 fully saturated rings. The number of carbonyl (C=O) groups is 2. The summed E-state index contributed by atoms with van der Waals surface area (Å²) in [5, 5.41) is 22.4. The highest BCUT2D eigenvalue weighted by Gasteiger charge is 2.48. The third-order valence-electron chi connectivity index (χ3n) is 6.47. The summed E-state index contributed by atoms with van der Waals surface area (Å²) >= 11 is 6.34. The van der Waals surface area contributed by atoms with Crippen LogP contribution in [0.3, 0.4) is 0 Å². The maximum Gasteiger partial charge on any atom is 0.300 e. The molecular formula is C31H24ClNO7. The lowest BCUT2D eigenvalue weighted by molar-refractivity contribution is -0.132. The quantitative estimate of drug-likeness (QED) is 0.152. The molecule has 1 heterocycles. The van der Waals surface area contributed by atoms with E-state index in [4.69, 9.17) is 25.8 Å². The van der Waals surface area contributed by atoms with E-state index in [0.717, 1.165) is 4.90 Å². The monoisotopic (exact) mass is 557 g/mol. The zero-order valence-corrected chi connectivity index (χ0v) is 22.3. The van der Waals surface area contributed by atoms with Gasteiger partial charge in [0.15, 0.2) is 0 Å². The molecule has 0 radical (unpaired) electrons. The van der Waals surface area contributed by atoms with Crippen LogP contribution in [-0.4, -0.2) is 36.1 Å². The second kappa shape index (κ2) is 11.0. The summed E-state index contributed by atoms with van der Waals surface area (Å²) < 4.78 is 16.7. The van der Waals surface area contributed by atoms with Crippen LogP contribution in [-0.2, 0) is 9.59 Å². The van der Waals surface area contributed by atoms with Crippen LogP contribution >= 0.6 is 11.6 Å². The number of anilines is 1. The maximum absolute atomic E-state index is 13.6. The van der Waals surface area contributed by atoms with Crippen molar-refractivity contribution >= 4 is 34.7 Å². The van der Waals surface area contributed by atoms with E-state index in [-0.39, 0.29) is 33.3 Å². The fourth-order valence-corrected chi connectivity index (χ4v) is 4.87. The van der Waals surface area contributed by atoms with Crippen molar-refractivity contribution in [2.45, 2.75) is 6.04 Å². The molecule has 8 nitrogen and oxygen atoms in total. The zero-order valence-electron chi connectivity index (χ0n) is 21.5. The van der Waals surface area contributed by atoms with Gasteiger partial charge in [0.2, 0.25) is 0 Å². The number of aliphatic hydroxyl groups excluding tert-OH is 1. The van der Waals surface area contributed by atoms with Crippen LogP contribution in [0, 0.1) is 0 Å². The Morgan fingerprint density at radius 3 is 2.20 bits per heavy atom. The maximum atomic E-state index is 13.6. The molecule has 1 atom stereocenters. The minimum atomic E-state index is -1.13. The molecule has 2 N–H and O–H groups in total. The highest BCUT2D eigenvalue weighted by atomic mass is 35.5. The summed E-state index contributed by atoms with van der Waals surface area (Å²) in [6.45, 7) is 0. The number of benzene rings is 4. The molecule has 9 heteroatoms. The standard InChI is InChI=1S/C31H24ClNO7/c1-38-25-17-26(39-2)22(32)16-21(25)29(35)27-28(33(31(37)30(27)36)23-13-6-7-14-24(23)34)18-9-8-12-20(15-18)40-19-10-4-3-5-11-19/h3-17,28,34-35H,1-2H3/b29-27+. The van der Waals surface area contributed by atoms with Gasteiger partial charge >= 0.3 is 0 Å². The van der Waals surface area contributed by atoms with E-state index < -0.39 is 23.5 Å². The molecule has 0 aromatic heterocycles. The van der Waals surface area contributed by atoms with Crippen molar-refractivity contribution in [1.29, 1.82) is 0 Å². The minimum Gasteiger partial charge on any atom is -0.507 e. The van der Waals surface area contributed by atoms with Crippen LogP contribution in [0.4, 0.5) is 5.69 Å². The van der Waals surface area contributed by atoms with E-state index in [2.05, 4.69) is 0 Å². The molecule has 5 rings (SSSR count). The van der Waals surface area contributed by atoms with Crippen molar-refractivity contribution in [2.24, 2.45) is 0 Å². The Morgan fingerprint density at radius 1 is 0.825 bits per heavy atom. The summed E-state index contributed by atoms with van der Waals surface area (Å²) in [4.78, 5) is 28.2. The van der Waals surface area contributed by atoms with Gasteiger partial charge in [0.25, 0.3) is 11.7 Å². The molecule has 1 aliphatic heterocycles. The van der Waals surface area contributed by atoms with Gasteiger partial charge in [0, 0.05) is 6.07 Å². The number of hydrogen-bond donors (Lipinski definition) is 2. The predicted octanol–water partition coefficient (Wildman–Crippen LogP) is 6.48. The van der Waals surface area contributed by atoms with Gasteiger partial charge in [-0.25, -0.2) is 0 Å². The summed E-state index contributed by atoms with van der Waals surface area (Å²) in [5.74, 6) is -1.09. The van der Waals surface area contributed by atoms with E-state index in [0.29, 0.717) is 22.8 Å². The molecule has 0 aliphatic carbocycles. The third kappa shape index (κ3) is 4.81. The molecular weight excluding hydrogens is 534 g/mol. The van der Waals surface area contributed by atoms with Gasteiger partial charge in [-0.05, 0) is 48.0 Å². The third-order valence-corrected chi connectivity index (χ3v) is 6.76. The molecule has 1 aliphatic rings. The number of phenolic OH excluding ortho intramolecular Hbond substituents is 1. The Labute approximate surface area is 235 Å². The average Bonchev–Trinajstić information content (AvgIpc) is 3.23. The van der Waals surface area contributed by atoms with Crippen molar-refractivity contribution in [3.63, 3.8) is 0 Å². The Balaban J connectivity index is 1.72. The summed E-state index contributed by atoms with van der Waals surface area (Å²) in [5.41, 5.74) is 0.425. The van der Waals surface area contributed by atoms with Gasteiger partial charge in [-0.15, -0.1) is 0 Å². The molecule has 4 aromatic carbocycles. The number of ether oxygens (including phenoxy) is 3. The first-order valence-electron chi connectivity index (χ1n) is 12.2. The molecule has 0 spiro atoms. The molecule has 40 heavy (non-hydrogen) atoms. The van der Waals surface area contributed by atoms with E-state index in [1.807, 2.05) is 18.2 Å². The first kappa shape index (κ1) is 26.6. The Bertz CT molecular complexity index is 1630. The van der Waals surface area contributed by atoms with Gasteiger partial charge in [-0.2, -0.15) is 0 Å². The largest absolute Gasteiger partial charge is 0.507 e. The van der Waals surface area contributed by atoms with E-state index in [1.165, 1.54) is 38.5 Å². The van der Waals surface area contributed by atoms with Gasteiger partial charge in [0.1, 0.15) is 34.5 Å². The lowest BCUT2D eigenvalue weighted by Gasteiger charge is -2.26. The second-order valence-electron chi connectivity index (χ2n) is 8.83. The highest BCUT2D eigenvalue weighted by molar-refractivity contribution is 6.52. The Hall–Kier alpha value is -4.95. The fraction of sp³-hybridized carbons (Fsp3) is 0.0968. The number of Topliss-reactive ketones (excluding diaryl/α,β-unsaturated/α-hetero) is 1. The highest BCUT2D eigenvalue weighted by Crippen LogP contribution is 2.47. The molecule has 4 aromatic rings. The minimum absolute atomic E-state index is 0.0882. The van der Waals surface area contributed by atoms with Crippen molar-refractivity contribution in [3.05, 3.63) is 113 Å². The number of aromatic hydroxyl groups is 1. The number of halogens is 1. The molecule has 1 unspecified atom stereocenters. The van der Waals surface area contributed by atoms with Crippen molar-refractivity contribution in [3.8, 4) is 28.7 Å². The van der Waals surface area contributed by atoms with Crippen LogP contribution in [0.5, 0.6) is 28.7 Å². The van der Waals surface area contributed by atoms with Crippen LogP contribution in [0.25, 0.3) is 5.76 Å². The van der Waals surface area contributed by atoms with Gasteiger partial charge in [-0.3, -0.25) is 14.5 Å². The van der Waals surface area contributed by atoms with Gasteiger partial charge in [-0.1, -0.05) is 54.1 Å². The number of rotatable bonds is 7. The molecule has 202 valence electrons. The zero-order chi connectivity index (χ0) is 28.4. The number of para-hydroxylation sites is 3. The van der Waals surface area contributed by atoms with Crippen LogP contribution in [0.15, 0.2) is 96.6 Å². The van der Waals surface area contributed by atoms with E-state index >= 15 is 0 Å². The SMILES string of the molecule is COc1cc(OC)c(/C(O)=C2\C(=O)C(=O)N(c3ccccc3O)C2c2cccc(Oc3ccccc3)c2)cc1Cl. The van der Waals surface area contributed by atoms with E-state index in [1.54, 1.807) is 48.5 Å². The number of methoxy groups -OCH3 is 2. The van der Waals surface area contributed by atoms with Crippen molar-refractivity contribution < 1.29 is 34.0 Å². The number of carbonyl (C=O) groups excluding carboxylic acids is 2. The van der Waals surface area contributed by atoms with Crippen molar-refractivity contribution in [1.82, 2.24) is 0 Å². The summed E-state index contributed by atoms with van der Waals surface area (Å²) in [6.07, 6.45) is 0. The van der Waals surface area contributed by atoms with Crippen molar-refractivity contribution in [2.75, 3.05) is 19.1 Å². The van der Waals surface area contributed by atoms with Crippen LogP contribution in [0.2, 0.25) is 5.02 Å². The fourth-order valence-electron chi connectivity index (χ4n) is 4.63. The number of nitrogens with zero attached hydrogens (tertiary/aromatic N) is 1. The number of amides is 1. The Kier molecular flexibility index (Phi) is 7.35. The number of hydrogen-bond acceptors (Lipinski definition) is 7. The van der Waals surface area contributed by atoms with Crippen LogP contribution < -0.4 is 19.1 Å². The van der Waals surface area contributed by atoms with E-state index in [9.17, 15) is 19.8 Å². The first-order chi connectivity index (χ1) is 19.3. The summed E-state index contributed by atoms with van der Waals surface area (Å²) in [7, 11) is 2.82. The predicted molar refractivity (Wildman–Crippen MR) is 150 cm³/mol. The average molecular weight is 558 g/mol. The first-order valence-corrected chi connectivity index (χ1v) is 12.6. The van der Waals surface area contributed by atoms with Gasteiger partial charge < -0.3 is 24.4 Å². The molecule has 1 saturated heterocycles. The Morgan fingerprint density at radius 2 is 1.50 bits per heavy atom. The second-order valence-corrected chi connectivity index (χ2v) is 9.24. The summed E-state index contributed by atoms with van der Waals surface area (Å²) in [6, 6.07) is 23.8. The lowest BCUT2D eigenvalue weighted by atomic mass is 9.94. The molecule has 0 bridgehead atoms. The molecule has 1 amide bonds. The number of aliphatic hydroxyl groups is 1. The lowest BCUT2D eigenvalue weighted by Crippen LogP contribution is -2.29. The smallest absolute Gasteiger partial charge is 0.300 e.